The first kappa shape index (κ1) is 17.9. The Balaban J connectivity index is 2.05. The van der Waals surface area contributed by atoms with Crippen molar-refractivity contribution >= 4 is 0 Å². The first-order chi connectivity index (χ1) is 9.57. The average Bonchev–Trinajstić information content (AvgIpc) is 2.76. The molecule has 2 unspecified atom stereocenters. The van der Waals surface area contributed by atoms with Gasteiger partial charge in [-0.1, -0.05) is 45.4 Å². The van der Waals surface area contributed by atoms with Gasteiger partial charge in [-0.15, -0.1) is 0 Å². The van der Waals surface area contributed by atoms with Crippen LogP contribution in [-0.4, -0.2) is 42.9 Å². The molecule has 1 N–H and O–H groups in total. The van der Waals surface area contributed by atoms with Crippen LogP contribution < -0.4 is 0 Å². The number of rotatable bonds is 11. The van der Waals surface area contributed by atoms with Crippen LogP contribution in [0.4, 0.5) is 0 Å². The van der Waals surface area contributed by atoms with Crippen molar-refractivity contribution in [1.82, 2.24) is 0 Å². The molecule has 120 valence electrons. The van der Waals surface area contributed by atoms with Crippen molar-refractivity contribution in [2.45, 2.75) is 83.7 Å². The van der Waals surface area contributed by atoms with Crippen molar-refractivity contribution in [3.8, 4) is 0 Å². The fraction of sp³-hybridized carbons (Fsp3) is 1.00. The van der Waals surface area contributed by atoms with Crippen LogP contribution in [0.15, 0.2) is 0 Å². The number of unbranched alkanes of at least 4 members (excludes halogenated alkanes) is 5. The number of aliphatic hydroxyl groups is 1. The third kappa shape index (κ3) is 7.58. The SMILES string of the molecule is CCCCCCCCC(CO)OCC1COC(C)(C)O1. The maximum atomic E-state index is 9.35. The maximum Gasteiger partial charge on any atom is 0.163 e. The Labute approximate surface area is 123 Å². The molecule has 0 amide bonds. The predicted octanol–water partition coefficient (Wildman–Crippen LogP) is 3.27. The van der Waals surface area contributed by atoms with Crippen molar-refractivity contribution in [3.05, 3.63) is 0 Å². The van der Waals surface area contributed by atoms with Crippen molar-refractivity contribution in [3.63, 3.8) is 0 Å². The molecule has 2 atom stereocenters. The van der Waals surface area contributed by atoms with Gasteiger partial charge in [-0.25, -0.2) is 0 Å². The Morgan fingerprint density at radius 2 is 1.90 bits per heavy atom. The zero-order valence-corrected chi connectivity index (χ0v) is 13.4. The summed E-state index contributed by atoms with van der Waals surface area (Å²) >= 11 is 0. The van der Waals surface area contributed by atoms with Gasteiger partial charge in [-0.3, -0.25) is 0 Å². The van der Waals surface area contributed by atoms with Crippen molar-refractivity contribution in [1.29, 1.82) is 0 Å². The lowest BCUT2D eigenvalue weighted by Crippen LogP contribution is -2.27. The second-order valence-corrected chi connectivity index (χ2v) is 6.15. The lowest BCUT2D eigenvalue weighted by Gasteiger charge is -2.19. The summed E-state index contributed by atoms with van der Waals surface area (Å²) in [5, 5.41) is 9.35. The van der Waals surface area contributed by atoms with Crippen LogP contribution in [-0.2, 0) is 14.2 Å². The van der Waals surface area contributed by atoms with Crippen molar-refractivity contribution in [2.75, 3.05) is 19.8 Å². The van der Waals surface area contributed by atoms with Crippen LogP contribution >= 0.6 is 0 Å². The number of hydrogen-bond acceptors (Lipinski definition) is 4. The molecule has 20 heavy (non-hydrogen) atoms. The molecule has 0 saturated carbocycles. The second-order valence-electron chi connectivity index (χ2n) is 6.15. The summed E-state index contributed by atoms with van der Waals surface area (Å²) in [5.74, 6) is -0.498. The molecule has 1 saturated heterocycles. The molecule has 1 aliphatic rings. The largest absolute Gasteiger partial charge is 0.394 e. The summed E-state index contributed by atoms with van der Waals surface area (Å²) in [6.07, 6.45) is 8.44. The Kier molecular flexibility index (Phi) is 8.69. The van der Waals surface area contributed by atoms with E-state index < -0.39 is 5.79 Å². The molecule has 0 aromatic rings. The fourth-order valence-electron chi connectivity index (χ4n) is 2.47. The molecule has 0 aromatic heterocycles. The molecular weight excluding hydrogens is 256 g/mol. The zero-order chi connectivity index (χ0) is 14.8. The Hall–Kier alpha value is -0.160. The first-order valence-electron chi connectivity index (χ1n) is 8.11. The summed E-state index contributed by atoms with van der Waals surface area (Å²) < 4.78 is 16.9. The zero-order valence-electron chi connectivity index (χ0n) is 13.4. The highest BCUT2D eigenvalue weighted by molar-refractivity contribution is 4.71. The van der Waals surface area contributed by atoms with Gasteiger partial charge < -0.3 is 19.3 Å². The van der Waals surface area contributed by atoms with Gasteiger partial charge in [0.1, 0.15) is 6.10 Å². The third-order valence-electron chi connectivity index (χ3n) is 3.67. The summed E-state index contributed by atoms with van der Waals surface area (Å²) in [5.41, 5.74) is 0. The molecule has 4 nitrogen and oxygen atoms in total. The van der Waals surface area contributed by atoms with Gasteiger partial charge in [-0.2, -0.15) is 0 Å². The van der Waals surface area contributed by atoms with Crippen LogP contribution in [0.3, 0.4) is 0 Å². The van der Waals surface area contributed by atoms with Gasteiger partial charge in [0.2, 0.25) is 0 Å². The molecule has 1 aliphatic heterocycles. The number of ether oxygens (including phenoxy) is 3. The average molecular weight is 288 g/mol. The lowest BCUT2D eigenvalue weighted by molar-refractivity contribution is -0.149. The topological polar surface area (TPSA) is 47.9 Å². The van der Waals surface area contributed by atoms with E-state index in [1.807, 2.05) is 13.8 Å². The Morgan fingerprint density at radius 3 is 2.50 bits per heavy atom. The normalized spacial score (nSPS) is 23.1. The van der Waals surface area contributed by atoms with E-state index >= 15 is 0 Å². The second kappa shape index (κ2) is 9.72. The lowest BCUT2D eigenvalue weighted by atomic mass is 10.1. The number of aliphatic hydroxyl groups excluding tert-OH is 1. The van der Waals surface area contributed by atoms with Crippen LogP contribution in [0.1, 0.15) is 65.7 Å². The molecule has 0 bridgehead atoms. The highest BCUT2D eigenvalue weighted by Crippen LogP contribution is 2.22. The highest BCUT2D eigenvalue weighted by Gasteiger charge is 2.33. The smallest absolute Gasteiger partial charge is 0.163 e. The van der Waals surface area contributed by atoms with Crippen molar-refractivity contribution in [2.24, 2.45) is 0 Å². The van der Waals surface area contributed by atoms with Crippen LogP contribution in [0.25, 0.3) is 0 Å². The van der Waals surface area contributed by atoms with E-state index in [2.05, 4.69) is 6.92 Å². The molecule has 1 heterocycles. The van der Waals surface area contributed by atoms with Gasteiger partial charge in [0.15, 0.2) is 5.79 Å². The molecule has 0 spiro atoms. The van der Waals surface area contributed by atoms with Crippen LogP contribution in [0.5, 0.6) is 0 Å². The van der Waals surface area contributed by atoms with E-state index in [9.17, 15) is 5.11 Å². The van der Waals surface area contributed by atoms with Gasteiger partial charge in [0.05, 0.1) is 25.9 Å². The van der Waals surface area contributed by atoms with E-state index in [4.69, 9.17) is 14.2 Å². The molecule has 1 fully saturated rings. The van der Waals surface area contributed by atoms with Crippen LogP contribution in [0, 0.1) is 0 Å². The summed E-state index contributed by atoms with van der Waals surface area (Å²) in [6.45, 7) is 7.21. The summed E-state index contributed by atoms with van der Waals surface area (Å²) in [7, 11) is 0. The third-order valence-corrected chi connectivity index (χ3v) is 3.67. The Morgan fingerprint density at radius 1 is 1.20 bits per heavy atom. The summed E-state index contributed by atoms with van der Waals surface area (Å²) in [4.78, 5) is 0. The van der Waals surface area contributed by atoms with E-state index in [1.165, 1.54) is 32.1 Å². The highest BCUT2D eigenvalue weighted by atomic mass is 16.7. The quantitative estimate of drug-likeness (QED) is 0.593. The standard InChI is InChI=1S/C16H32O4/c1-4-5-6-7-8-9-10-14(11-17)18-12-15-13-19-16(2,3)20-15/h14-15,17H,4-13H2,1-3H3. The van der Waals surface area contributed by atoms with Gasteiger partial charge >= 0.3 is 0 Å². The monoisotopic (exact) mass is 288 g/mol. The van der Waals surface area contributed by atoms with Crippen LogP contribution in [0.2, 0.25) is 0 Å². The minimum Gasteiger partial charge on any atom is -0.394 e. The molecule has 0 aromatic carbocycles. The molecule has 0 aliphatic carbocycles. The van der Waals surface area contributed by atoms with Gasteiger partial charge in [0, 0.05) is 0 Å². The fourth-order valence-corrected chi connectivity index (χ4v) is 2.47. The molecule has 1 rings (SSSR count). The van der Waals surface area contributed by atoms with E-state index in [0.29, 0.717) is 13.2 Å². The van der Waals surface area contributed by atoms with E-state index in [0.717, 1.165) is 12.8 Å². The van der Waals surface area contributed by atoms with Gasteiger partial charge in [0.25, 0.3) is 0 Å². The van der Waals surface area contributed by atoms with E-state index in [1.54, 1.807) is 0 Å². The minimum absolute atomic E-state index is 0.0106. The van der Waals surface area contributed by atoms with E-state index in [-0.39, 0.29) is 18.8 Å². The minimum atomic E-state index is -0.498. The maximum absolute atomic E-state index is 9.35. The first-order valence-corrected chi connectivity index (χ1v) is 8.11. The van der Waals surface area contributed by atoms with Gasteiger partial charge in [-0.05, 0) is 20.3 Å². The predicted molar refractivity (Wildman–Crippen MR) is 79.7 cm³/mol. The number of hydrogen-bond donors (Lipinski definition) is 1. The molecular formula is C16H32O4. The summed E-state index contributed by atoms with van der Waals surface area (Å²) in [6, 6.07) is 0. The van der Waals surface area contributed by atoms with Crippen molar-refractivity contribution < 1.29 is 19.3 Å². The Bertz CT molecular complexity index is 243. The molecule has 4 heteroatoms. The molecule has 0 radical (unpaired) electrons.